The van der Waals surface area contributed by atoms with Gasteiger partial charge in [0.05, 0.1) is 39.6 Å². The molecule has 2 aliphatic heterocycles. The topological polar surface area (TPSA) is 121 Å². The first-order valence-electron chi connectivity index (χ1n) is 52.1. The molecule has 6 atom stereocenters. The van der Waals surface area contributed by atoms with Crippen molar-refractivity contribution in [2.24, 2.45) is 47.3 Å². The number of hydrogen-bond donors (Lipinski definition) is 0. The molecular weight excluding hydrogens is 1420 g/mol. The molecule has 11 nitrogen and oxygen atoms in total. The summed E-state index contributed by atoms with van der Waals surface area (Å²) in [4.78, 5) is 56.7. The maximum absolute atomic E-state index is 13.1. The van der Waals surface area contributed by atoms with Gasteiger partial charge in [-0.1, -0.05) is 409 Å². The number of morpholine rings is 1. The number of carbonyl (C=O) groups excluding carboxylic acids is 4. The van der Waals surface area contributed by atoms with Gasteiger partial charge in [0.25, 0.3) is 0 Å². The van der Waals surface area contributed by atoms with E-state index in [2.05, 4.69) is 65.2 Å². The lowest BCUT2D eigenvalue weighted by Gasteiger charge is -2.26. The quantitative estimate of drug-likeness (QED) is 0.0329. The van der Waals surface area contributed by atoms with Crippen LogP contribution in [0.3, 0.4) is 0 Å². The van der Waals surface area contributed by atoms with E-state index in [9.17, 15) is 19.2 Å². The summed E-state index contributed by atoms with van der Waals surface area (Å²) in [6, 6.07) is 0. The monoisotopic (exact) mass is 1620 g/mol. The Morgan fingerprint density at radius 1 is 0.252 bits per heavy atom. The van der Waals surface area contributed by atoms with Gasteiger partial charge in [-0.25, -0.2) is 0 Å². The van der Waals surface area contributed by atoms with Gasteiger partial charge in [-0.05, 0) is 157 Å². The van der Waals surface area contributed by atoms with Crippen LogP contribution < -0.4 is 0 Å². The number of carbonyl (C=O) groups is 4. The molecule has 6 unspecified atom stereocenters. The summed E-state index contributed by atoms with van der Waals surface area (Å²) < 4.78 is 29.0. The Morgan fingerprint density at radius 3 is 0.774 bits per heavy atom. The molecule has 2 saturated heterocycles. The standard InChI is InChI=1S/C104H200N2O9/c1-9-16-36-58-96(59-37-17-10-2)77-87-112-101(107)71-48-30-22-26-42-64-94(68-46-34-52-81-105-83-54-55-84-105)65-43-29-25-33-51-74-104(110)115-90-80-99(63-41-21-14-6)75-76-100(15-7)93(8)57-56-70-98(62-40-20-13-5)79-89-114-103(109)73-50-32-24-28-45-67-95(69-47-35-53-82-106-85-91-111-92-86-106)66-44-27-23-31-49-72-102(108)113-88-78-97(60-38-18-11-3)61-39-19-12-4/h93-100H,9-92H2,1-8H3. The summed E-state index contributed by atoms with van der Waals surface area (Å²) in [5.41, 5.74) is 0. The zero-order valence-electron chi connectivity index (χ0n) is 78.6. The van der Waals surface area contributed by atoms with Crippen LogP contribution in [-0.4, -0.2) is 113 Å². The maximum Gasteiger partial charge on any atom is 0.305 e. The smallest absolute Gasteiger partial charge is 0.305 e. The fourth-order valence-corrected chi connectivity index (χ4v) is 19.3. The lowest BCUT2D eigenvalue weighted by molar-refractivity contribution is -0.145. The molecular formula is C104H200N2O9. The third-order valence-electron chi connectivity index (χ3n) is 27.4. The highest BCUT2D eigenvalue weighted by Gasteiger charge is 2.22. The molecule has 680 valence electrons. The molecule has 0 aromatic heterocycles. The number of hydrogen-bond acceptors (Lipinski definition) is 11. The van der Waals surface area contributed by atoms with Crippen molar-refractivity contribution in [2.45, 2.75) is 518 Å². The third kappa shape index (κ3) is 68.9. The number of unbranched alkanes of at least 4 members (excludes halogenated alkanes) is 32. The second kappa shape index (κ2) is 82.7. The molecule has 0 aromatic rings. The third-order valence-corrected chi connectivity index (χ3v) is 27.4. The predicted molar refractivity (Wildman–Crippen MR) is 493 cm³/mol. The summed E-state index contributed by atoms with van der Waals surface area (Å²) in [6.07, 6.45) is 87.2. The Balaban J connectivity index is 1.69. The van der Waals surface area contributed by atoms with Crippen molar-refractivity contribution in [2.75, 3.05) is 78.9 Å². The van der Waals surface area contributed by atoms with Gasteiger partial charge < -0.3 is 28.6 Å². The van der Waals surface area contributed by atoms with Crippen LogP contribution in [0.25, 0.3) is 0 Å². The first-order chi connectivity index (χ1) is 56.5. The first kappa shape index (κ1) is 109. The van der Waals surface area contributed by atoms with Crippen molar-refractivity contribution in [3.05, 3.63) is 0 Å². The number of esters is 4. The van der Waals surface area contributed by atoms with Crippen LogP contribution in [0, 0.1) is 47.3 Å². The molecule has 2 aliphatic rings. The molecule has 2 rings (SSSR count). The van der Waals surface area contributed by atoms with Crippen molar-refractivity contribution >= 4 is 23.9 Å². The van der Waals surface area contributed by atoms with Gasteiger partial charge >= 0.3 is 23.9 Å². The average molecular weight is 1620 g/mol. The fourth-order valence-electron chi connectivity index (χ4n) is 19.3. The van der Waals surface area contributed by atoms with E-state index in [0.717, 1.165) is 121 Å². The Kier molecular flexibility index (Phi) is 78.3. The predicted octanol–water partition coefficient (Wildman–Crippen LogP) is 31.0. The SMILES string of the molecule is CCCCCC(CCCCC)CCOC(=O)CCCCCCCC(CCCCCCCC(=O)OCCC(CCCCC)CCC(CC)C(C)CCCC(CCCCC)CCOC(=O)CCCCCCCC(CCCCCCCC(=O)OCCC(CCCCC)CCCCC)CCCCCN1CCOCC1)CCCCCN1CCCC1. The normalized spacial score (nSPS) is 15.2. The van der Waals surface area contributed by atoms with E-state index >= 15 is 0 Å². The lowest BCUT2D eigenvalue weighted by Crippen LogP contribution is -2.36. The summed E-state index contributed by atoms with van der Waals surface area (Å²) >= 11 is 0. The molecule has 0 radical (unpaired) electrons. The Hall–Kier alpha value is -2.24. The van der Waals surface area contributed by atoms with E-state index in [1.807, 2.05) is 0 Å². The minimum Gasteiger partial charge on any atom is -0.466 e. The van der Waals surface area contributed by atoms with Gasteiger partial charge in [0.15, 0.2) is 0 Å². The highest BCUT2D eigenvalue weighted by Crippen LogP contribution is 2.34. The number of likely N-dealkylation sites (tertiary alicyclic amines) is 1. The van der Waals surface area contributed by atoms with E-state index in [0.29, 0.717) is 81.7 Å². The van der Waals surface area contributed by atoms with Crippen LogP contribution in [0.2, 0.25) is 0 Å². The molecule has 0 aliphatic carbocycles. The molecule has 0 aromatic carbocycles. The lowest BCUT2D eigenvalue weighted by atomic mass is 9.80. The molecule has 2 heterocycles. The number of nitrogens with zero attached hydrogens (tertiary/aromatic N) is 2. The van der Waals surface area contributed by atoms with Gasteiger partial charge in [-0.15, -0.1) is 0 Å². The highest BCUT2D eigenvalue weighted by atomic mass is 16.5. The van der Waals surface area contributed by atoms with E-state index in [-0.39, 0.29) is 23.9 Å². The van der Waals surface area contributed by atoms with Crippen LogP contribution >= 0.6 is 0 Å². The Labute approximate surface area is 716 Å². The average Bonchev–Trinajstić information content (AvgIpc) is 1.39. The molecule has 11 heteroatoms. The second-order valence-electron chi connectivity index (χ2n) is 37.8. The van der Waals surface area contributed by atoms with E-state index in [1.54, 1.807) is 0 Å². The zero-order valence-corrected chi connectivity index (χ0v) is 78.6. The van der Waals surface area contributed by atoms with Crippen molar-refractivity contribution in [1.29, 1.82) is 0 Å². The molecule has 0 bridgehead atoms. The molecule has 0 amide bonds. The summed E-state index contributed by atoms with van der Waals surface area (Å²) in [6.45, 7) is 30.1. The van der Waals surface area contributed by atoms with Crippen LogP contribution in [0.4, 0.5) is 0 Å². The van der Waals surface area contributed by atoms with Crippen molar-refractivity contribution < 1.29 is 42.9 Å². The minimum atomic E-state index is 0.00727. The Morgan fingerprint density at radius 2 is 0.487 bits per heavy atom. The van der Waals surface area contributed by atoms with Crippen LogP contribution in [0.5, 0.6) is 0 Å². The maximum atomic E-state index is 13.1. The van der Waals surface area contributed by atoms with E-state index in [1.165, 1.54) is 386 Å². The van der Waals surface area contributed by atoms with Crippen LogP contribution in [-0.2, 0) is 42.9 Å². The van der Waals surface area contributed by atoms with Crippen molar-refractivity contribution in [3.8, 4) is 0 Å². The van der Waals surface area contributed by atoms with E-state index < -0.39 is 0 Å². The largest absolute Gasteiger partial charge is 0.466 e. The van der Waals surface area contributed by atoms with Crippen LogP contribution in [0.15, 0.2) is 0 Å². The summed E-state index contributed by atoms with van der Waals surface area (Å²) in [5.74, 6) is 5.81. The van der Waals surface area contributed by atoms with Gasteiger partial charge in [-0.3, -0.25) is 24.1 Å². The van der Waals surface area contributed by atoms with Crippen molar-refractivity contribution in [1.82, 2.24) is 9.80 Å². The molecule has 0 saturated carbocycles. The summed E-state index contributed by atoms with van der Waals surface area (Å²) in [7, 11) is 0. The van der Waals surface area contributed by atoms with Gasteiger partial charge in [0.2, 0.25) is 0 Å². The van der Waals surface area contributed by atoms with Gasteiger partial charge in [-0.2, -0.15) is 0 Å². The van der Waals surface area contributed by atoms with Crippen molar-refractivity contribution in [3.63, 3.8) is 0 Å². The highest BCUT2D eigenvalue weighted by molar-refractivity contribution is 5.70. The first-order valence-corrected chi connectivity index (χ1v) is 52.1. The van der Waals surface area contributed by atoms with Crippen LogP contribution in [0.1, 0.15) is 518 Å². The fraction of sp³-hybridized carbons (Fsp3) is 0.962. The Bertz CT molecular complexity index is 2060. The number of ether oxygens (including phenoxy) is 5. The van der Waals surface area contributed by atoms with Gasteiger partial charge in [0.1, 0.15) is 0 Å². The molecule has 2 fully saturated rings. The molecule has 0 spiro atoms. The zero-order chi connectivity index (χ0) is 83.0. The van der Waals surface area contributed by atoms with Gasteiger partial charge in [0, 0.05) is 38.8 Å². The minimum absolute atomic E-state index is 0.00727. The number of rotatable bonds is 89. The van der Waals surface area contributed by atoms with E-state index in [4.69, 9.17) is 23.7 Å². The molecule has 115 heavy (non-hydrogen) atoms. The second-order valence-corrected chi connectivity index (χ2v) is 37.8. The summed E-state index contributed by atoms with van der Waals surface area (Å²) in [5, 5.41) is 0. The molecule has 0 N–H and O–H groups in total.